The number of rotatable bonds is 2. The lowest BCUT2D eigenvalue weighted by atomic mass is 10.3. The summed E-state index contributed by atoms with van der Waals surface area (Å²) in [7, 11) is 0. The molecule has 1 aromatic heterocycles. The van der Waals surface area contributed by atoms with Gasteiger partial charge in [-0.25, -0.2) is 0 Å². The zero-order chi connectivity index (χ0) is 7.56. The van der Waals surface area contributed by atoms with Crippen LogP contribution in [0.15, 0.2) is 16.7 Å². The lowest BCUT2D eigenvalue weighted by Gasteiger charge is -1.78. The first-order valence-electron chi connectivity index (χ1n) is 2.57. The number of alkyl halides is 1. The highest BCUT2D eigenvalue weighted by atomic mass is 35.5. The summed E-state index contributed by atoms with van der Waals surface area (Å²) in [6.07, 6.45) is 1.28. The van der Waals surface area contributed by atoms with E-state index in [0.717, 1.165) is 0 Å². The number of hydrogen-bond acceptors (Lipinski definition) is 2. The van der Waals surface area contributed by atoms with Gasteiger partial charge in [0.05, 0.1) is 11.4 Å². The average molecular weight is 179 g/mol. The molecule has 0 saturated heterocycles. The molecule has 0 spiro atoms. The highest BCUT2D eigenvalue weighted by molar-refractivity contribution is 6.67. The first kappa shape index (κ1) is 7.63. The molecular formula is C6H4Cl2O2. The summed E-state index contributed by atoms with van der Waals surface area (Å²) in [6, 6.07) is 1.52. The van der Waals surface area contributed by atoms with Gasteiger partial charge in [0, 0.05) is 0 Å². The fourth-order valence-electron chi connectivity index (χ4n) is 0.554. The van der Waals surface area contributed by atoms with Crippen LogP contribution in [0.3, 0.4) is 0 Å². The van der Waals surface area contributed by atoms with E-state index in [2.05, 4.69) is 0 Å². The largest absolute Gasteiger partial charge is 0.467 e. The quantitative estimate of drug-likeness (QED) is 0.515. The van der Waals surface area contributed by atoms with Gasteiger partial charge in [0.15, 0.2) is 0 Å². The summed E-state index contributed by atoms with van der Waals surface area (Å²) < 4.78 is 4.84. The zero-order valence-corrected chi connectivity index (χ0v) is 6.45. The minimum atomic E-state index is -0.528. The zero-order valence-electron chi connectivity index (χ0n) is 4.93. The SMILES string of the molecule is O=C(Cl)c1coc(CCl)c1. The smallest absolute Gasteiger partial charge is 0.255 e. The van der Waals surface area contributed by atoms with E-state index < -0.39 is 5.24 Å². The number of carbonyl (C=O) groups excluding carboxylic acids is 1. The molecule has 0 amide bonds. The maximum atomic E-state index is 10.4. The van der Waals surface area contributed by atoms with E-state index >= 15 is 0 Å². The summed E-state index contributed by atoms with van der Waals surface area (Å²) in [4.78, 5) is 10.4. The highest BCUT2D eigenvalue weighted by Gasteiger charge is 2.05. The van der Waals surface area contributed by atoms with Crippen LogP contribution in [0, 0.1) is 0 Å². The fraction of sp³-hybridized carbons (Fsp3) is 0.167. The Morgan fingerprint density at radius 1 is 1.70 bits per heavy atom. The van der Waals surface area contributed by atoms with Gasteiger partial charge in [0.25, 0.3) is 5.24 Å². The summed E-state index contributed by atoms with van der Waals surface area (Å²) in [6.45, 7) is 0. The Hall–Kier alpha value is -0.470. The fourth-order valence-corrected chi connectivity index (χ4v) is 0.793. The molecule has 0 bridgehead atoms. The second-order valence-electron chi connectivity index (χ2n) is 1.71. The van der Waals surface area contributed by atoms with Gasteiger partial charge in [-0.2, -0.15) is 0 Å². The Morgan fingerprint density at radius 3 is 2.70 bits per heavy atom. The van der Waals surface area contributed by atoms with Crippen molar-refractivity contribution in [2.45, 2.75) is 5.88 Å². The average Bonchev–Trinajstić information content (AvgIpc) is 2.34. The van der Waals surface area contributed by atoms with Gasteiger partial charge < -0.3 is 4.42 Å². The van der Waals surface area contributed by atoms with E-state index in [1.165, 1.54) is 12.3 Å². The Morgan fingerprint density at radius 2 is 2.40 bits per heavy atom. The van der Waals surface area contributed by atoms with Crippen LogP contribution >= 0.6 is 23.2 Å². The van der Waals surface area contributed by atoms with Gasteiger partial charge in [-0.15, -0.1) is 11.6 Å². The lowest BCUT2D eigenvalue weighted by molar-refractivity contribution is 0.108. The molecule has 4 heteroatoms. The van der Waals surface area contributed by atoms with Crippen molar-refractivity contribution < 1.29 is 9.21 Å². The molecule has 1 aromatic rings. The second-order valence-corrected chi connectivity index (χ2v) is 2.32. The molecule has 0 unspecified atom stereocenters. The van der Waals surface area contributed by atoms with Crippen LogP contribution in [0.4, 0.5) is 0 Å². The number of halogens is 2. The molecule has 0 atom stereocenters. The summed E-state index contributed by atoms with van der Waals surface area (Å²) in [5.74, 6) is 0.801. The first-order valence-corrected chi connectivity index (χ1v) is 3.48. The maximum absolute atomic E-state index is 10.4. The van der Waals surface area contributed by atoms with Gasteiger partial charge in [0.2, 0.25) is 0 Å². The van der Waals surface area contributed by atoms with E-state index in [0.29, 0.717) is 11.3 Å². The van der Waals surface area contributed by atoms with Crippen LogP contribution in [-0.4, -0.2) is 5.24 Å². The second kappa shape index (κ2) is 3.08. The van der Waals surface area contributed by atoms with Crippen molar-refractivity contribution in [1.29, 1.82) is 0 Å². The normalized spacial score (nSPS) is 9.80. The Bertz CT molecular complexity index is 242. The number of carbonyl (C=O) groups is 1. The number of furan rings is 1. The Balaban J connectivity index is 2.88. The standard InChI is InChI=1S/C6H4Cl2O2/c7-2-5-1-4(3-10-5)6(8)9/h1,3H,2H2. The highest BCUT2D eigenvalue weighted by Crippen LogP contribution is 2.11. The molecule has 0 fully saturated rings. The Labute approximate surface area is 67.7 Å². The molecule has 2 nitrogen and oxygen atoms in total. The van der Waals surface area contributed by atoms with Crippen molar-refractivity contribution in [2.24, 2.45) is 0 Å². The van der Waals surface area contributed by atoms with E-state index in [1.54, 1.807) is 0 Å². The monoisotopic (exact) mass is 178 g/mol. The van der Waals surface area contributed by atoms with E-state index in [4.69, 9.17) is 27.6 Å². The van der Waals surface area contributed by atoms with Crippen molar-refractivity contribution >= 4 is 28.4 Å². The third-order valence-electron chi connectivity index (χ3n) is 1.01. The topological polar surface area (TPSA) is 30.2 Å². The van der Waals surface area contributed by atoms with Crippen LogP contribution in [0.1, 0.15) is 16.1 Å². The summed E-state index contributed by atoms with van der Waals surface area (Å²) >= 11 is 10.5. The molecule has 1 rings (SSSR count). The van der Waals surface area contributed by atoms with Gasteiger partial charge in [-0.3, -0.25) is 4.79 Å². The van der Waals surface area contributed by atoms with Crippen molar-refractivity contribution in [2.75, 3.05) is 0 Å². The minimum absolute atomic E-state index is 0.254. The van der Waals surface area contributed by atoms with Gasteiger partial charge in [0.1, 0.15) is 12.0 Å². The van der Waals surface area contributed by atoms with Crippen molar-refractivity contribution in [3.63, 3.8) is 0 Å². The molecule has 0 radical (unpaired) electrons. The lowest BCUT2D eigenvalue weighted by Crippen LogP contribution is -1.81. The third-order valence-corrected chi connectivity index (χ3v) is 1.49. The Kier molecular flexibility index (Phi) is 2.35. The molecule has 54 valence electrons. The van der Waals surface area contributed by atoms with Crippen LogP contribution < -0.4 is 0 Å². The molecule has 0 N–H and O–H groups in total. The molecule has 1 heterocycles. The van der Waals surface area contributed by atoms with Gasteiger partial charge in [-0.1, -0.05) is 0 Å². The summed E-state index contributed by atoms with van der Waals surface area (Å²) in [5, 5.41) is -0.528. The number of hydrogen-bond donors (Lipinski definition) is 0. The van der Waals surface area contributed by atoms with Gasteiger partial charge in [-0.05, 0) is 17.7 Å². The molecular weight excluding hydrogens is 175 g/mol. The molecule has 0 aliphatic rings. The predicted molar refractivity (Wildman–Crippen MR) is 38.4 cm³/mol. The molecule has 10 heavy (non-hydrogen) atoms. The molecule has 0 aliphatic heterocycles. The van der Waals surface area contributed by atoms with Crippen LogP contribution in [0.5, 0.6) is 0 Å². The van der Waals surface area contributed by atoms with Crippen molar-refractivity contribution in [3.8, 4) is 0 Å². The molecule has 0 aromatic carbocycles. The summed E-state index contributed by atoms with van der Waals surface area (Å²) in [5.41, 5.74) is 0.345. The maximum Gasteiger partial charge on any atom is 0.255 e. The van der Waals surface area contributed by atoms with Crippen molar-refractivity contribution in [3.05, 3.63) is 23.7 Å². The third kappa shape index (κ3) is 1.52. The van der Waals surface area contributed by atoms with Crippen LogP contribution in [-0.2, 0) is 5.88 Å². The van der Waals surface area contributed by atoms with Crippen molar-refractivity contribution in [1.82, 2.24) is 0 Å². The van der Waals surface area contributed by atoms with Gasteiger partial charge >= 0.3 is 0 Å². The predicted octanol–water partition coefficient (Wildman–Crippen LogP) is 2.40. The molecule has 0 saturated carbocycles. The van der Waals surface area contributed by atoms with E-state index in [1.807, 2.05) is 0 Å². The van der Waals surface area contributed by atoms with E-state index in [-0.39, 0.29) is 5.88 Å². The first-order chi connectivity index (χ1) is 4.74. The minimum Gasteiger partial charge on any atom is -0.467 e. The van der Waals surface area contributed by atoms with Crippen LogP contribution in [0.25, 0.3) is 0 Å². The molecule has 0 aliphatic carbocycles. The van der Waals surface area contributed by atoms with Crippen LogP contribution in [0.2, 0.25) is 0 Å². The van der Waals surface area contributed by atoms with E-state index in [9.17, 15) is 4.79 Å².